The third-order valence-corrected chi connectivity index (χ3v) is 3.40. The van der Waals surface area contributed by atoms with Crippen molar-refractivity contribution in [2.24, 2.45) is 0 Å². The van der Waals surface area contributed by atoms with Crippen molar-refractivity contribution >= 4 is 34.0 Å². The van der Waals surface area contributed by atoms with Gasteiger partial charge >= 0.3 is 0 Å². The number of rotatable bonds is 5. The molecule has 0 fully saturated rings. The van der Waals surface area contributed by atoms with E-state index in [-0.39, 0.29) is 11.8 Å². The molecule has 21 heavy (non-hydrogen) atoms. The molecule has 110 valence electrons. The van der Waals surface area contributed by atoms with E-state index in [4.69, 9.17) is 5.73 Å². The predicted octanol–water partition coefficient (Wildman–Crippen LogP) is 1.66. The van der Waals surface area contributed by atoms with E-state index < -0.39 is 0 Å². The zero-order valence-electron chi connectivity index (χ0n) is 11.6. The summed E-state index contributed by atoms with van der Waals surface area (Å²) in [5.41, 5.74) is 7.51. The van der Waals surface area contributed by atoms with E-state index in [0.29, 0.717) is 29.3 Å². The fraction of sp³-hybridized carbons (Fsp3) is 0.214. The van der Waals surface area contributed by atoms with Gasteiger partial charge in [-0.3, -0.25) is 9.59 Å². The van der Waals surface area contributed by atoms with Gasteiger partial charge in [-0.2, -0.15) is 0 Å². The fourth-order valence-electron chi connectivity index (χ4n) is 1.79. The molecule has 0 spiro atoms. The van der Waals surface area contributed by atoms with Crippen LogP contribution in [0.3, 0.4) is 0 Å². The van der Waals surface area contributed by atoms with Gasteiger partial charge in [-0.05, 0) is 18.2 Å². The molecule has 1 aromatic heterocycles. The van der Waals surface area contributed by atoms with E-state index in [1.165, 1.54) is 18.3 Å². The zero-order valence-corrected chi connectivity index (χ0v) is 12.4. The number of aromatic nitrogens is 1. The summed E-state index contributed by atoms with van der Waals surface area (Å²) in [4.78, 5) is 27.1. The Morgan fingerprint density at radius 1 is 1.38 bits per heavy atom. The number of anilines is 2. The summed E-state index contributed by atoms with van der Waals surface area (Å²) in [5, 5.41) is 7.85. The number of carbonyl (C=O) groups excluding carboxylic acids is 2. The molecule has 1 heterocycles. The lowest BCUT2D eigenvalue weighted by molar-refractivity contribution is -0.114. The molecule has 0 bridgehead atoms. The van der Waals surface area contributed by atoms with Crippen molar-refractivity contribution in [2.75, 3.05) is 17.6 Å². The van der Waals surface area contributed by atoms with E-state index >= 15 is 0 Å². The normalized spacial score (nSPS) is 10.1. The number of hydrogen-bond acceptors (Lipinski definition) is 5. The van der Waals surface area contributed by atoms with Gasteiger partial charge in [0.1, 0.15) is 0 Å². The van der Waals surface area contributed by atoms with Crippen molar-refractivity contribution in [1.29, 1.82) is 0 Å². The third kappa shape index (κ3) is 4.57. The topological polar surface area (TPSA) is 97.1 Å². The molecule has 0 radical (unpaired) electrons. The molecule has 4 N–H and O–H groups in total. The van der Waals surface area contributed by atoms with E-state index in [0.717, 1.165) is 5.69 Å². The first kappa shape index (κ1) is 15.0. The van der Waals surface area contributed by atoms with Crippen LogP contribution in [0.15, 0.2) is 29.6 Å². The molecule has 0 aliphatic heterocycles. The maximum absolute atomic E-state index is 12.0. The number of thiazole rings is 1. The Kier molecular flexibility index (Phi) is 4.89. The minimum atomic E-state index is -0.189. The summed E-state index contributed by atoms with van der Waals surface area (Å²) in [6, 6.07) is 6.79. The largest absolute Gasteiger partial charge is 0.375 e. The van der Waals surface area contributed by atoms with Gasteiger partial charge in [0, 0.05) is 36.5 Å². The zero-order chi connectivity index (χ0) is 15.2. The lowest BCUT2D eigenvalue weighted by atomic mass is 10.2. The number of nitrogens with zero attached hydrogens (tertiary/aromatic N) is 1. The summed E-state index contributed by atoms with van der Waals surface area (Å²) < 4.78 is 0. The van der Waals surface area contributed by atoms with Crippen molar-refractivity contribution in [3.05, 3.63) is 40.9 Å². The van der Waals surface area contributed by atoms with Crippen LogP contribution in [0.25, 0.3) is 0 Å². The lowest BCUT2D eigenvalue weighted by Crippen LogP contribution is -2.25. The maximum atomic E-state index is 12.0. The van der Waals surface area contributed by atoms with E-state index in [1.54, 1.807) is 24.3 Å². The number of hydrogen-bond donors (Lipinski definition) is 3. The second-order valence-electron chi connectivity index (χ2n) is 4.44. The lowest BCUT2D eigenvalue weighted by Gasteiger charge is -2.06. The molecule has 0 saturated heterocycles. The molecule has 2 amide bonds. The number of benzene rings is 1. The molecule has 7 heteroatoms. The van der Waals surface area contributed by atoms with Gasteiger partial charge in [-0.1, -0.05) is 6.07 Å². The van der Waals surface area contributed by atoms with E-state index in [2.05, 4.69) is 15.6 Å². The summed E-state index contributed by atoms with van der Waals surface area (Å²) in [6.45, 7) is 1.90. The van der Waals surface area contributed by atoms with Crippen LogP contribution in [0.4, 0.5) is 10.8 Å². The summed E-state index contributed by atoms with van der Waals surface area (Å²) in [6.07, 6.45) is 0.630. The van der Waals surface area contributed by atoms with Crippen LogP contribution in [0.5, 0.6) is 0 Å². The molecule has 2 aromatic rings. The van der Waals surface area contributed by atoms with Crippen molar-refractivity contribution < 1.29 is 9.59 Å². The highest BCUT2D eigenvalue weighted by Gasteiger charge is 2.07. The first-order valence-corrected chi connectivity index (χ1v) is 7.28. The highest BCUT2D eigenvalue weighted by molar-refractivity contribution is 7.13. The van der Waals surface area contributed by atoms with Gasteiger partial charge in [-0.25, -0.2) is 4.98 Å². The van der Waals surface area contributed by atoms with Crippen LogP contribution in [0, 0.1) is 0 Å². The molecule has 6 nitrogen and oxygen atoms in total. The monoisotopic (exact) mass is 304 g/mol. The van der Waals surface area contributed by atoms with Crippen LogP contribution in [0.1, 0.15) is 23.0 Å². The van der Waals surface area contributed by atoms with Crippen molar-refractivity contribution in [3.8, 4) is 0 Å². The summed E-state index contributed by atoms with van der Waals surface area (Å²) in [7, 11) is 0. The minimum Gasteiger partial charge on any atom is -0.375 e. The minimum absolute atomic E-state index is 0.173. The van der Waals surface area contributed by atoms with Crippen molar-refractivity contribution in [1.82, 2.24) is 10.3 Å². The molecule has 0 aliphatic carbocycles. The van der Waals surface area contributed by atoms with Gasteiger partial charge in [0.05, 0.1) is 5.69 Å². The highest BCUT2D eigenvalue weighted by Crippen LogP contribution is 2.12. The molecular weight excluding hydrogens is 288 g/mol. The summed E-state index contributed by atoms with van der Waals surface area (Å²) in [5.74, 6) is -0.362. The number of carbonyl (C=O) groups is 2. The molecule has 0 unspecified atom stereocenters. The SMILES string of the molecule is CC(=O)Nc1cccc(C(=O)NCCc2csc(N)n2)c1. The standard InChI is InChI=1S/C14H16N4O2S/c1-9(19)17-11-4-2-3-10(7-11)13(20)16-6-5-12-8-21-14(15)18-12/h2-4,7-8H,5-6H2,1H3,(H2,15,18)(H,16,20)(H,17,19). The number of nitrogens with two attached hydrogens (primary N) is 1. The Bertz CT molecular complexity index is 654. The van der Waals surface area contributed by atoms with Crippen LogP contribution < -0.4 is 16.4 Å². The fourth-order valence-corrected chi connectivity index (χ4v) is 2.38. The maximum Gasteiger partial charge on any atom is 0.251 e. The second kappa shape index (κ2) is 6.85. The van der Waals surface area contributed by atoms with Gasteiger partial charge in [0.15, 0.2) is 5.13 Å². The smallest absolute Gasteiger partial charge is 0.251 e. The van der Waals surface area contributed by atoms with Gasteiger partial charge in [0.25, 0.3) is 5.91 Å². The predicted molar refractivity (Wildman–Crippen MR) is 83.3 cm³/mol. The number of amides is 2. The Balaban J connectivity index is 1.89. The Morgan fingerprint density at radius 2 is 2.19 bits per heavy atom. The van der Waals surface area contributed by atoms with E-state index in [1.807, 2.05) is 5.38 Å². The van der Waals surface area contributed by atoms with Crippen molar-refractivity contribution in [2.45, 2.75) is 13.3 Å². The van der Waals surface area contributed by atoms with Crippen molar-refractivity contribution in [3.63, 3.8) is 0 Å². The first-order chi connectivity index (χ1) is 10.0. The number of nitrogens with one attached hydrogen (secondary N) is 2. The van der Waals surface area contributed by atoms with Gasteiger partial charge < -0.3 is 16.4 Å². The quantitative estimate of drug-likeness (QED) is 0.782. The Morgan fingerprint density at radius 3 is 2.86 bits per heavy atom. The Labute approximate surface area is 126 Å². The average molecular weight is 304 g/mol. The van der Waals surface area contributed by atoms with Crippen LogP contribution >= 0.6 is 11.3 Å². The molecule has 0 atom stereocenters. The Hall–Kier alpha value is -2.41. The molecule has 2 rings (SSSR count). The first-order valence-electron chi connectivity index (χ1n) is 6.40. The van der Waals surface area contributed by atoms with Crippen LogP contribution in [-0.4, -0.2) is 23.3 Å². The van der Waals surface area contributed by atoms with Gasteiger partial charge in [-0.15, -0.1) is 11.3 Å². The highest BCUT2D eigenvalue weighted by atomic mass is 32.1. The third-order valence-electron chi connectivity index (χ3n) is 2.68. The van der Waals surface area contributed by atoms with E-state index in [9.17, 15) is 9.59 Å². The van der Waals surface area contributed by atoms with Crippen LogP contribution in [-0.2, 0) is 11.2 Å². The van der Waals surface area contributed by atoms with Crippen LogP contribution in [0.2, 0.25) is 0 Å². The average Bonchev–Trinajstić information content (AvgIpc) is 2.84. The van der Waals surface area contributed by atoms with Gasteiger partial charge in [0.2, 0.25) is 5.91 Å². The summed E-state index contributed by atoms with van der Waals surface area (Å²) >= 11 is 1.38. The molecular formula is C14H16N4O2S. The molecule has 1 aromatic carbocycles. The number of nitrogen functional groups attached to an aromatic ring is 1. The second-order valence-corrected chi connectivity index (χ2v) is 5.33. The molecule has 0 saturated carbocycles. The molecule has 0 aliphatic rings.